The average molecular weight is 454 g/mol. The lowest BCUT2D eigenvalue weighted by molar-refractivity contribution is -0.147. The van der Waals surface area contributed by atoms with E-state index in [9.17, 15) is 24.6 Å². The van der Waals surface area contributed by atoms with E-state index >= 15 is 0 Å². The van der Waals surface area contributed by atoms with Crippen LogP contribution in [0.3, 0.4) is 0 Å². The van der Waals surface area contributed by atoms with Crippen molar-refractivity contribution in [1.82, 2.24) is 0 Å². The molecule has 33 heavy (non-hydrogen) atoms. The quantitative estimate of drug-likeness (QED) is 0.301. The zero-order chi connectivity index (χ0) is 24.4. The molecule has 0 amide bonds. The van der Waals surface area contributed by atoms with Gasteiger partial charge in [0.1, 0.15) is 0 Å². The number of ether oxygens (including phenoxy) is 3. The van der Waals surface area contributed by atoms with Crippen molar-refractivity contribution in [1.29, 1.82) is 0 Å². The van der Waals surface area contributed by atoms with E-state index in [2.05, 4.69) is 0 Å². The molecular weight excluding hydrogens is 428 g/mol. The first-order valence-corrected chi connectivity index (χ1v) is 10.1. The smallest absolute Gasteiger partial charge is 0.306 e. The van der Waals surface area contributed by atoms with Gasteiger partial charge in [-0.3, -0.25) is 14.4 Å². The summed E-state index contributed by atoms with van der Waals surface area (Å²) in [7, 11) is 2.80. The molecule has 2 aromatic carbocycles. The van der Waals surface area contributed by atoms with Crippen molar-refractivity contribution in [2.24, 2.45) is 5.92 Å². The maximum Gasteiger partial charge on any atom is 0.306 e. The molecule has 8 nitrogen and oxygen atoms in total. The molecule has 0 saturated heterocycles. The topological polar surface area (TPSA) is 119 Å². The minimum Gasteiger partial charge on any atom is -0.504 e. The first-order valence-electron chi connectivity index (χ1n) is 10.1. The fourth-order valence-electron chi connectivity index (χ4n) is 2.91. The fraction of sp³-hybridized carbons (Fsp3) is 0.240. The summed E-state index contributed by atoms with van der Waals surface area (Å²) >= 11 is 0. The standard InChI is InChI=1S/C25H26O8/c1-4-33-25(30)15-18(19(26)9-5-16-7-11-21(28)23(13-16)31-2)20(27)10-6-17-8-12-22(29)24(14-17)32-3/h5-14,18,28-29H,4,15H2,1-3H3/b9-5+,10-6+. The second-order valence-electron chi connectivity index (χ2n) is 6.90. The Hall–Kier alpha value is -4.07. The Morgan fingerprint density at radius 2 is 1.30 bits per heavy atom. The van der Waals surface area contributed by atoms with Crippen molar-refractivity contribution < 1.29 is 38.8 Å². The van der Waals surface area contributed by atoms with E-state index in [1.165, 1.54) is 62.8 Å². The van der Waals surface area contributed by atoms with Crippen LogP contribution in [0.25, 0.3) is 12.2 Å². The van der Waals surface area contributed by atoms with Gasteiger partial charge in [0.15, 0.2) is 34.6 Å². The Morgan fingerprint density at radius 1 is 0.848 bits per heavy atom. The molecule has 0 atom stereocenters. The van der Waals surface area contributed by atoms with Crippen molar-refractivity contribution in [2.45, 2.75) is 13.3 Å². The first-order chi connectivity index (χ1) is 15.8. The molecule has 0 unspecified atom stereocenters. The van der Waals surface area contributed by atoms with E-state index in [0.717, 1.165) is 0 Å². The van der Waals surface area contributed by atoms with E-state index in [1.807, 2.05) is 0 Å². The third kappa shape index (κ3) is 7.24. The molecule has 0 spiro atoms. The van der Waals surface area contributed by atoms with Crippen molar-refractivity contribution in [2.75, 3.05) is 20.8 Å². The van der Waals surface area contributed by atoms with Crippen molar-refractivity contribution >= 4 is 29.7 Å². The van der Waals surface area contributed by atoms with Gasteiger partial charge in [-0.15, -0.1) is 0 Å². The van der Waals surface area contributed by atoms with Gasteiger partial charge in [-0.25, -0.2) is 0 Å². The van der Waals surface area contributed by atoms with Crippen LogP contribution in [0.1, 0.15) is 24.5 Å². The summed E-state index contributed by atoms with van der Waals surface area (Å²) in [5.74, 6) is -2.72. The number of carbonyl (C=O) groups excluding carboxylic acids is 3. The second kappa shape index (κ2) is 12.1. The van der Waals surface area contributed by atoms with E-state index < -0.39 is 29.9 Å². The lowest BCUT2D eigenvalue weighted by Gasteiger charge is -2.10. The summed E-state index contributed by atoms with van der Waals surface area (Å²) in [6, 6.07) is 9.03. The van der Waals surface area contributed by atoms with Crippen molar-refractivity contribution in [3.05, 3.63) is 59.7 Å². The van der Waals surface area contributed by atoms with Crippen LogP contribution in [0.4, 0.5) is 0 Å². The third-order valence-electron chi connectivity index (χ3n) is 4.65. The number of benzene rings is 2. The Morgan fingerprint density at radius 3 is 1.70 bits per heavy atom. The number of methoxy groups -OCH3 is 2. The van der Waals surface area contributed by atoms with Crippen LogP contribution in [0.2, 0.25) is 0 Å². The molecular formula is C25H26O8. The molecule has 0 saturated carbocycles. The number of carbonyl (C=O) groups is 3. The second-order valence-corrected chi connectivity index (χ2v) is 6.90. The Bertz CT molecular complexity index is 993. The Balaban J connectivity index is 2.24. The minimum atomic E-state index is -1.27. The number of ketones is 2. The fourth-order valence-corrected chi connectivity index (χ4v) is 2.91. The van der Waals surface area contributed by atoms with E-state index in [-0.39, 0.29) is 29.6 Å². The maximum atomic E-state index is 12.8. The van der Waals surface area contributed by atoms with E-state index in [1.54, 1.807) is 19.1 Å². The number of rotatable bonds is 11. The van der Waals surface area contributed by atoms with Gasteiger partial charge in [0.05, 0.1) is 33.2 Å². The lowest BCUT2D eigenvalue weighted by atomic mass is 9.93. The largest absolute Gasteiger partial charge is 0.504 e. The zero-order valence-electron chi connectivity index (χ0n) is 18.6. The van der Waals surface area contributed by atoms with E-state index in [0.29, 0.717) is 11.1 Å². The molecule has 174 valence electrons. The van der Waals surface area contributed by atoms with Gasteiger partial charge in [-0.05, 0) is 54.5 Å². The normalized spacial score (nSPS) is 11.2. The molecule has 8 heteroatoms. The SMILES string of the molecule is CCOC(=O)CC(C(=O)/C=C/c1ccc(O)c(OC)c1)C(=O)/C=C/c1ccc(O)c(OC)c1. The summed E-state index contributed by atoms with van der Waals surface area (Å²) in [6.45, 7) is 1.76. The number of hydrogen-bond donors (Lipinski definition) is 2. The summed E-state index contributed by atoms with van der Waals surface area (Å²) < 4.78 is 15.0. The van der Waals surface area contributed by atoms with Gasteiger partial charge in [0.2, 0.25) is 0 Å². The van der Waals surface area contributed by atoms with Crippen molar-refractivity contribution in [3.8, 4) is 23.0 Å². The van der Waals surface area contributed by atoms with Crippen LogP contribution >= 0.6 is 0 Å². The molecule has 0 aromatic heterocycles. The van der Waals surface area contributed by atoms with Gasteiger partial charge >= 0.3 is 5.97 Å². The Labute approximate surface area is 191 Å². The number of phenols is 2. The van der Waals surface area contributed by atoms with Crippen LogP contribution in [0.15, 0.2) is 48.6 Å². The molecule has 2 N–H and O–H groups in total. The highest BCUT2D eigenvalue weighted by Gasteiger charge is 2.26. The lowest BCUT2D eigenvalue weighted by Crippen LogP contribution is -2.25. The van der Waals surface area contributed by atoms with Gasteiger partial charge in [-0.1, -0.05) is 24.3 Å². The van der Waals surface area contributed by atoms with Crippen LogP contribution < -0.4 is 9.47 Å². The highest BCUT2D eigenvalue weighted by molar-refractivity contribution is 6.15. The van der Waals surface area contributed by atoms with Gasteiger partial charge in [-0.2, -0.15) is 0 Å². The molecule has 0 aliphatic rings. The van der Waals surface area contributed by atoms with Crippen LogP contribution in [-0.4, -0.2) is 48.6 Å². The summed E-state index contributed by atoms with van der Waals surface area (Å²) in [5, 5.41) is 19.4. The summed E-state index contributed by atoms with van der Waals surface area (Å²) in [4.78, 5) is 37.6. The molecule has 2 aromatic rings. The van der Waals surface area contributed by atoms with E-state index in [4.69, 9.17) is 14.2 Å². The molecule has 2 rings (SSSR count). The average Bonchev–Trinajstić information content (AvgIpc) is 2.81. The number of aromatic hydroxyl groups is 2. The molecule has 0 radical (unpaired) electrons. The van der Waals surface area contributed by atoms with Crippen LogP contribution in [0, 0.1) is 5.92 Å². The van der Waals surface area contributed by atoms with Crippen molar-refractivity contribution in [3.63, 3.8) is 0 Å². The number of phenolic OH excluding ortho intramolecular Hbond substituents is 2. The molecule has 0 fully saturated rings. The zero-order valence-corrected chi connectivity index (χ0v) is 18.6. The number of esters is 1. The minimum absolute atomic E-state index is 0.0488. The van der Waals surface area contributed by atoms with Gasteiger partial charge in [0, 0.05) is 0 Å². The van der Waals surface area contributed by atoms with Crippen LogP contribution in [0.5, 0.6) is 23.0 Å². The maximum absolute atomic E-state index is 12.8. The Kier molecular flexibility index (Phi) is 9.23. The number of allylic oxidation sites excluding steroid dienone is 2. The first kappa shape index (κ1) is 25.2. The number of hydrogen-bond acceptors (Lipinski definition) is 8. The highest BCUT2D eigenvalue weighted by atomic mass is 16.5. The van der Waals surface area contributed by atoms with Crippen LogP contribution in [-0.2, 0) is 19.1 Å². The predicted octanol–water partition coefficient (Wildman–Crippen LogP) is 3.55. The van der Waals surface area contributed by atoms with Gasteiger partial charge < -0.3 is 24.4 Å². The summed E-state index contributed by atoms with van der Waals surface area (Å²) in [5.41, 5.74) is 1.12. The van der Waals surface area contributed by atoms with Gasteiger partial charge in [0.25, 0.3) is 0 Å². The molecule has 0 aliphatic heterocycles. The molecule has 0 bridgehead atoms. The monoisotopic (exact) mass is 454 g/mol. The molecule has 0 aliphatic carbocycles. The third-order valence-corrected chi connectivity index (χ3v) is 4.65. The predicted molar refractivity (Wildman–Crippen MR) is 122 cm³/mol. The molecule has 0 heterocycles. The summed E-state index contributed by atoms with van der Waals surface area (Å²) in [6.07, 6.45) is 4.92. The highest BCUT2D eigenvalue weighted by Crippen LogP contribution is 2.28.